The Kier molecular flexibility index (Phi) is 26.4. The van der Waals surface area contributed by atoms with Gasteiger partial charge in [-0.3, -0.25) is 0 Å². The maximum Gasteiger partial charge on any atom is 0.203 e. The Bertz CT molecular complexity index is 729. The summed E-state index contributed by atoms with van der Waals surface area (Å²) in [6.45, 7) is 16.4. The molecular formula is C40H76O3P+. The first-order valence-corrected chi connectivity index (χ1v) is 22.6. The van der Waals surface area contributed by atoms with E-state index in [1.54, 1.807) is 0 Å². The van der Waals surface area contributed by atoms with Gasteiger partial charge in [-0.05, 0) is 37.0 Å². The van der Waals surface area contributed by atoms with Crippen LogP contribution in [0.4, 0.5) is 0 Å². The standard InChI is InChI=1S/C40H76O3P/c1-7-10-13-16-19-22-25-28-31-41-38-34-37(36-44(4,5)6)35-39(42-32-29-26-23-20-17-14-11-8-2)40(38)43-33-30-27-24-21-18-15-12-9-3/h34-35H,7-33,36H2,1-6H3/q+1. The topological polar surface area (TPSA) is 27.7 Å². The van der Waals surface area contributed by atoms with Crippen molar-refractivity contribution in [1.29, 1.82) is 0 Å². The molecule has 0 aliphatic heterocycles. The van der Waals surface area contributed by atoms with Gasteiger partial charge in [0.2, 0.25) is 5.75 Å². The van der Waals surface area contributed by atoms with Gasteiger partial charge in [0, 0.05) is 27.3 Å². The molecular weight excluding hydrogens is 559 g/mol. The summed E-state index contributed by atoms with van der Waals surface area (Å²) >= 11 is 0. The summed E-state index contributed by atoms with van der Waals surface area (Å²) in [5.74, 6) is 2.66. The number of rotatable bonds is 32. The van der Waals surface area contributed by atoms with Gasteiger partial charge in [0.1, 0.15) is 0 Å². The maximum atomic E-state index is 6.52. The molecule has 1 rings (SSSR count). The zero-order valence-electron chi connectivity index (χ0n) is 30.6. The molecule has 0 radical (unpaired) electrons. The molecule has 1 aromatic carbocycles. The molecule has 0 unspecified atom stereocenters. The molecule has 258 valence electrons. The van der Waals surface area contributed by atoms with Gasteiger partial charge in [0.05, 0.1) is 26.0 Å². The first-order valence-electron chi connectivity index (χ1n) is 19.3. The average molecular weight is 636 g/mol. The first-order chi connectivity index (χ1) is 21.4. The van der Waals surface area contributed by atoms with Crippen molar-refractivity contribution in [2.45, 2.75) is 181 Å². The zero-order valence-corrected chi connectivity index (χ0v) is 31.5. The Balaban J connectivity index is 2.80. The smallest absolute Gasteiger partial charge is 0.203 e. The van der Waals surface area contributed by atoms with Crippen LogP contribution >= 0.6 is 7.26 Å². The number of benzene rings is 1. The van der Waals surface area contributed by atoms with E-state index in [2.05, 4.69) is 52.9 Å². The molecule has 0 aliphatic carbocycles. The van der Waals surface area contributed by atoms with Crippen molar-refractivity contribution in [3.05, 3.63) is 17.7 Å². The van der Waals surface area contributed by atoms with Crippen molar-refractivity contribution < 1.29 is 14.2 Å². The Morgan fingerprint density at radius 2 is 0.705 bits per heavy atom. The van der Waals surface area contributed by atoms with E-state index in [9.17, 15) is 0 Å². The van der Waals surface area contributed by atoms with Gasteiger partial charge in [-0.15, -0.1) is 0 Å². The van der Waals surface area contributed by atoms with E-state index in [1.807, 2.05) is 0 Å². The molecule has 1 aromatic rings. The van der Waals surface area contributed by atoms with E-state index in [-0.39, 0.29) is 0 Å². The van der Waals surface area contributed by atoms with Crippen molar-refractivity contribution in [2.75, 3.05) is 39.8 Å². The van der Waals surface area contributed by atoms with E-state index in [0.717, 1.165) is 62.5 Å². The van der Waals surface area contributed by atoms with Crippen molar-refractivity contribution in [2.24, 2.45) is 0 Å². The van der Waals surface area contributed by atoms with Crippen LogP contribution < -0.4 is 14.2 Å². The highest BCUT2D eigenvalue weighted by molar-refractivity contribution is 7.72. The lowest BCUT2D eigenvalue weighted by Crippen LogP contribution is -2.07. The Morgan fingerprint density at radius 1 is 0.409 bits per heavy atom. The molecule has 0 saturated carbocycles. The molecule has 0 fully saturated rings. The first kappa shape index (κ1) is 41.1. The highest BCUT2D eigenvalue weighted by Gasteiger charge is 2.22. The van der Waals surface area contributed by atoms with Crippen molar-refractivity contribution in [1.82, 2.24) is 0 Å². The minimum absolute atomic E-state index is 0.739. The van der Waals surface area contributed by atoms with Crippen LogP contribution in [0.25, 0.3) is 0 Å². The largest absolute Gasteiger partial charge is 0.490 e. The fourth-order valence-electron chi connectivity index (χ4n) is 5.87. The molecule has 0 heterocycles. The van der Waals surface area contributed by atoms with Crippen LogP contribution in [0, 0.1) is 0 Å². The van der Waals surface area contributed by atoms with Crippen LogP contribution in [0.15, 0.2) is 12.1 Å². The van der Waals surface area contributed by atoms with Gasteiger partial charge in [-0.25, -0.2) is 0 Å². The molecule has 4 heteroatoms. The lowest BCUT2D eigenvalue weighted by atomic mass is 10.1. The van der Waals surface area contributed by atoms with Gasteiger partial charge in [0.25, 0.3) is 0 Å². The molecule has 44 heavy (non-hydrogen) atoms. The molecule has 0 atom stereocenters. The molecule has 0 spiro atoms. The fraction of sp³-hybridized carbons (Fsp3) is 0.850. The maximum absolute atomic E-state index is 6.52. The minimum atomic E-state index is -0.994. The number of ether oxygens (including phenoxy) is 3. The van der Waals surface area contributed by atoms with Crippen LogP contribution in [0.3, 0.4) is 0 Å². The van der Waals surface area contributed by atoms with Gasteiger partial charge in [0.15, 0.2) is 11.5 Å². The predicted molar refractivity (Wildman–Crippen MR) is 199 cm³/mol. The summed E-state index contributed by atoms with van der Waals surface area (Å²) in [6.07, 6.45) is 32.5. The molecule has 3 nitrogen and oxygen atoms in total. The molecule has 0 saturated heterocycles. The second kappa shape index (κ2) is 28.3. The summed E-state index contributed by atoms with van der Waals surface area (Å²) in [4.78, 5) is 0. The summed E-state index contributed by atoms with van der Waals surface area (Å²) in [5, 5.41) is 0. The molecule has 0 aliphatic rings. The third-order valence-corrected chi connectivity index (χ3v) is 9.81. The third-order valence-electron chi connectivity index (χ3n) is 8.49. The van der Waals surface area contributed by atoms with Crippen LogP contribution in [0.2, 0.25) is 0 Å². The van der Waals surface area contributed by atoms with Crippen LogP contribution in [-0.4, -0.2) is 39.8 Å². The van der Waals surface area contributed by atoms with Crippen molar-refractivity contribution in [3.63, 3.8) is 0 Å². The molecule has 0 bridgehead atoms. The average Bonchev–Trinajstić information content (AvgIpc) is 2.98. The highest BCUT2D eigenvalue weighted by Crippen LogP contribution is 2.52. The van der Waals surface area contributed by atoms with Gasteiger partial charge >= 0.3 is 0 Å². The van der Waals surface area contributed by atoms with E-state index < -0.39 is 7.26 Å². The SMILES string of the molecule is CCCCCCCCCCOc1cc(C[P+](C)(C)C)cc(OCCCCCCCCCC)c1OCCCCCCCCCC. The predicted octanol–water partition coefficient (Wildman–Crippen LogP) is 13.7. The summed E-state index contributed by atoms with van der Waals surface area (Å²) < 4.78 is 19.5. The lowest BCUT2D eigenvalue weighted by molar-refractivity contribution is 0.234. The number of unbranched alkanes of at least 4 members (excludes halogenated alkanes) is 21. The second-order valence-electron chi connectivity index (χ2n) is 14.3. The third kappa shape index (κ3) is 23.4. The lowest BCUT2D eigenvalue weighted by Gasteiger charge is -2.20. The van der Waals surface area contributed by atoms with Crippen LogP contribution in [-0.2, 0) is 6.16 Å². The summed E-state index contributed by atoms with van der Waals surface area (Å²) in [7, 11) is -0.994. The van der Waals surface area contributed by atoms with Crippen molar-refractivity contribution in [3.8, 4) is 17.2 Å². The van der Waals surface area contributed by atoms with E-state index in [4.69, 9.17) is 14.2 Å². The fourth-order valence-corrected chi connectivity index (χ4v) is 7.15. The molecule has 0 amide bonds. The zero-order chi connectivity index (χ0) is 32.1. The van der Waals surface area contributed by atoms with E-state index in [0.29, 0.717) is 0 Å². The Hall–Kier alpha value is -0.950. The number of hydrogen-bond acceptors (Lipinski definition) is 3. The Morgan fingerprint density at radius 3 is 1.02 bits per heavy atom. The Labute approximate surface area is 276 Å². The normalized spacial score (nSPS) is 11.7. The van der Waals surface area contributed by atoms with Crippen LogP contribution in [0.1, 0.15) is 180 Å². The monoisotopic (exact) mass is 636 g/mol. The quantitative estimate of drug-likeness (QED) is 0.0582. The van der Waals surface area contributed by atoms with E-state index >= 15 is 0 Å². The van der Waals surface area contributed by atoms with E-state index in [1.165, 1.54) is 140 Å². The highest BCUT2D eigenvalue weighted by atomic mass is 31.2. The van der Waals surface area contributed by atoms with Gasteiger partial charge < -0.3 is 14.2 Å². The number of hydrogen-bond donors (Lipinski definition) is 0. The summed E-state index contributed by atoms with van der Waals surface area (Å²) in [6, 6.07) is 4.53. The van der Waals surface area contributed by atoms with Gasteiger partial charge in [-0.2, -0.15) is 0 Å². The second-order valence-corrected chi connectivity index (χ2v) is 19.2. The summed E-state index contributed by atoms with van der Waals surface area (Å²) in [5.41, 5.74) is 1.34. The minimum Gasteiger partial charge on any atom is -0.490 e. The van der Waals surface area contributed by atoms with Crippen LogP contribution in [0.5, 0.6) is 17.2 Å². The van der Waals surface area contributed by atoms with Gasteiger partial charge in [-0.1, -0.05) is 156 Å². The molecule has 0 aromatic heterocycles. The van der Waals surface area contributed by atoms with Crippen molar-refractivity contribution >= 4 is 7.26 Å². The molecule has 0 N–H and O–H groups in total.